The van der Waals surface area contributed by atoms with Gasteiger partial charge >= 0.3 is 5.97 Å². The molecule has 1 amide bonds. The lowest BCUT2D eigenvalue weighted by Crippen LogP contribution is -2.31. The molecule has 2 aromatic rings. The van der Waals surface area contributed by atoms with E-state index in [0.717, 1.165) is 11.6 Å². The summed E-state index contributed by atoms with van der Waals surface area (Å²) in [5.74, 6) is -1.19. The van der Waals surface area contributed by atoms with E-state index in [1.54, 1.807) is 0 Å². The van der Waals surface area contributed by atoms with E-state index >= 15 is 0 Å². The first-order chi connectivity index (χ1) is 14.4. The average Bonchev–Trinajstić information content (AvgIpc) is 2.76. The van der Waals surface area contributed by atoms with Crippen molar-refractivity contribution in [1.82, 2.24) is 5.32 Å². The lowest BCUT2D eigenvalue weighted by Gasteiger charge is -2.14. The Labute approximate surface area is 174 Å². The molecule has 0 bridgehead atoms. The number of hydrogen-bond donors (Lipinski definition) is 2. The number of carbonyl (C=O) groups is 2. The van der Waals surface area contributed by atoms with Crippen molar-refractivity contribution in [2.75, 3.05) is 38.7 Å². The number of carbonyl (C=O) groups excluding carboxylic acids is 2. The zero-order valence-electron chi connectivity index (χ0n) is 16.9. The first-order valence-electron chi connectivity index (χ1n) is 9.42. The van der Waals surface area contributed by atoms with Gasteiger partial charge in [-0.15, -0.1) is 0 Å². The van der Waals surface area contributed by atoms with Crippen molar-refractivity contribution < 1.29 is 24.0 Å². The summed E-state index contributed by atoms with van der Waals surface area (Å²) in [6.45, 7) is 2.66. The van der Waals surface area contributed by atoms with Crippen LogP contribution in [0.5, 0.6) is 0 Å². The van der Waals surface area contributed by atoms with Gasteiger partial charge in [0.1, 0.15) is 0 Å². The molecule has 0 radical (unpaired) electrons. The van der Waals surface area contributed by atoms with Crippen LogP contribution in [0, 0.1) is 10.1 Å². The molecule has 9 heteroatoms. The highest BCUT2D eigenvalue weighted by atomic mass is 16.6. The molecule has 0 saturated carbocycles. The number of benzene rings is 2. The molecule has 0 unspecified atom stereocenters. The molecule has 0 aromatic heterocycles. The number of non-ortho nitro benzene ring substituents is 1. The number of anilines is 1. The van der Waals surface area contributed by atoms with Gasteiger partial charge in [-0.1, -0.05) is 37.3 Å². The zero-order chi connectivity index (χ0) is 21.9. The fraction of sp³-hybridized carbons (Fsp3) is 0.333. The molecule has 0 aliphatic rings. The van der Waals surface area contributed by atoms with Gasteiger partial charge in [0, 0.05) is 38.0 Å². The van der Waals surface area contributed by atoms with E-state index in [-0.39, 0.29) is 17.2 Å². The van der Waals surface area contributed by atoms with Crippen LogP contribution in [-0.4, -0.2) is 50.2 Å². The number of ether oxygens (including phenoxy) is 2. The summed E-state index contributed by atoms with van der Waals surface area (Å²) in [6, 6.07) is 13.5. The quantitative estimate of drug-likeness (QED) is 0.251. The summed E-state index contributed by atoms with van der Waals surface area (Å²) >= 11 is 0. The molecule has 160 valence electrons. The van der Waals surface area contributed by atoms with Crippen molar-refractivity contribution >= 4 is 23.3 Å². The number of nitro benzene ring substituents is 1. The molecular formula is C21H25N3O6. The van der Waals surface area contributed by atoms with Crippen LogP contribution >= 0.6 is 0 Å². The summed E-state index contributed by atoms with van der Waals surface area (Å²) in [4.78, 5) is 34.9. The van der Waals surface area contributed by atoms with Gasteiger partial charge in [-0.05, 0) is 17.5 Å². The fourth-order valence-electron chi connectivity index (χ4n) is 2.68. The minimum atomic E-state index is -0.829. The van der Waals surface area contributed by atoms with Crippen molar-refractivity contribution in [3.63, 3.8) is 0 Å². The largest absolute Gasteiger partial charge is 0.452 e. The average molecular weight is 415 g/mol. The Morgan fingerprint density at radius 3 is 2.57 bits per heavy atom. The number of nitrogens with zero attached hydrogens (tertiary/aromatic N) is 1. The van der Waals surface area contributed by atoms with Gasteiger partial charge in [-0.25, -0.2) is 4.79 Å². The second-order valence-corrected chi connectivity index (χ2v) is 6.60. The van der Waals surface area contributed by atoms with E-state index in [9.17, 15) is 19.7 Å². The number of hydrogen-bond acceptors (Lipinski definition) is 7. The van der Waals surface area contributed by atoms with Crippen LogP contribution in [0.3, 0.4) is 0 Å². The molecule has 1 atom stereocenters. The Balaban J connectivity index is 1.94. The molecule has 0 saturated heterocycles. The molecule has 2 rings (SSSR count). The van der Waals surface area contributed by atoms with Gasteiger partial charge in [0.2, 0.25) is 0 Å². The second-order valence-electron chi connectivity index (χ2n) is 6.60. The Hall–Kier alpha value is -3.46. The zero-order valence-corrected chi connectivity index (χ0v) is 16.9. The smallest absolute Gasteiger partial charge is 0.341 e. The Morgan fingerprint density at radius 2 is 1.90 bits per heavy atom. The van der Waals surface area contributed by atoms with E-state index in [4.69, 9.17) is 9.47 Å². The molecule has 0 heterocycles. The standard InChI is InChI=1S/C21H25N3O6/c1-15(16-6-4-3-5-7-16)13-23-20(25)14-30-21(26)18-12-17(24(27)28)8-9-19(18)22-10-11-29-2/h3-9,12,15,22H,10-11,13-14H2,1-2H3,(H,23,25)/t15-/m0/s1. The number of rotatable bonds is 11. The maximum atomic E-state index is 12.4. The topological polar surface area (TPSA) is 120 Å². The predicted molar refractivity (Wildman–Crippen MR) is 112 cm³/mol. The van der Waals surface area contributed by atoms with Crippen molar-refractivity contribution in [3.8, 4) is 0 Å². The first kappa shape index (κ1) is 22.8. The van der Waals surface area contributed by atoms with Crippen LogP contribution in [0.25, 0.3) is 0 Å². The SMILES string of the molecule is COCCNc1ccc([N+](=O)[O-])cc1C(=O)OCC(=O)NC[C@H](C)c1ccccc1. The van der Waals surface area contributed by atoms with Crippen LogP contribution in [0.4, 0.5) is 11.4 Å². The van der Waals surface area contributed by atoms with E-state index in [1.165, 1.54) is 19.2 Å². The van der Waals surface area contributed by atoms with Gasteiger partial charge in [0.25, 0.3) is 11.6 Å². The van der Waals surface area contributed by atoms with E-state index in [2.05, 4.69) is 10.6 Å². The number of nitrogens with one attached hydrogen (secondary N) is 2. The summed E-state index contributed by atoms with van der Waals surface area (Å²) in [5.41, 5.74) is 1.17. The van der Waals surface area contributed by atoms with E-state index < -0.39 is 23.4 Å². The van der Waals surface area contributed by atoms with Gasteiger partial charge < -0.3 is 20.1 Å². The van der Waals surface area contributed by atoms with Crippen LogP contribution in [0.15, 0.2) is 48.5 Å². The number of esters is 1. The lowest BCUT2D eigenvalue weighted by molar-refractivity contribution is -0.384. The molecule has 0 fully saturated rings. The van der Waals surface area contributed by atoms with Crippen molar-refractivity contribution in [1.29, 1.82) is 0 Å². The fourth-order valence-corrected chi connectivity index (χ4v) is 2.68. The van der Waals surface area contributed by atoms with Gasteiger partial charge in [0.05, 0.1) is 17.1 Å². The molecule has 0 spiro atoms. The predicted octanol–water partition coefficient (Wildman–Crippen LogP) is 2.73. The Kier molecular flexibility index (Phi) is 8.76. The minimum Gasteiger partial charge on any atom is -0.452 e. The highest BCUT2D eigenvalue weighted by Gasteiger charge is 2.19. The maximum absolute atomic E-state index is 12.4. The van der Waals surface area contributed by atoms with Gasteiger partial charge in [0.15, 0.2) is 6.61 Å². The number of nitro groups is 1. The van der Waals surface area contributed by atoms with Crippen LogP contribution < -0.4 is 10.6 Å². The third-order valence-corrected chi connectivity index (χ3v) is 4.36. The Morgan fingerprint density at radius 1 is 1.17 bits per heavy atom. The minimum absolute atomic E-state index is 0.0224. The van der Waals surface area contributed by atoms with Crippen LogP contribution in [0.2, 0.25) is 0 Å². The molecule has 9 nitrogen and oxygen atoms in total. The van der Waals surface area contributed by atoms with Crippen LogP contribution in [0.1, 0.15) is 28.8 Å². The summed E-state index contributed by atoms with van der Waals surface area (Å²) < 4.78 is 10.0. The van der Waals surface area contributed by atoms with E-state index in [1.807, 2.05) is 37.3 Å². The highest BCUT2D eigenvalue weighted by molar-refractivity contribution is 5.97. The third kappa shape index (κ3) is 6.85. The lowest BCUT2D eigenvalue weighted by atomic mass is 10.0. The second kappa shape index (κ2) is 11.5. The molecular weight excluding hydrogens is 390 g/mol. The molecule has 0 aliphatic carbocycles. The third-order valence-electron chi connectivity index (χ3n) is 4.36. The summed E-state index contributed by atoms with van der Waals surface area (Å²) in [5, 5.41) is 16.7. The van der Waals surface area contributed by atoms with Crippen LogP contribution in [-0.2, 0) is 14.3 Å². The van der Waals surface area contributed by atoms with Crippen molar-refractivity contribution in [2.45, 2.75) is 12.8 Å². The molecule has 2 aromatic carbocycles. The van der Waals surface area contributed by atoms with Crippen molar-refractivity contribution in [2.24, 2.45) is 0 Å². The number of amides is 1. The summed E-state index contributed by atoms with van der Waals surface area (Å²) in [6.07, 6.45) is 0. The maximum Gasteiger partial charge on any atom is 0.341 e. The highest BCUT2D eigenvalue weighted by Crippen LogP contribution is 2.23. The molecule has 0 aliphatic heterocycles. The van der Waals surface area contributed by atoms with Gasteiger partial charge in [-0.3, -0.25) is 14.9 Å². The van der Waals surface area contributed by atoms with E-state index in [0.29, 0.717) is 25.4 Å². The monoisotopic (exact) mass is 415 g/mol. The van der Waals surface area contributed by atoms with Gasteiger partial charge in [-0.2, -0.15) is 0 Å². The normalized spacial score (nSPS) is 11.4. The molecule has 2 N–H and O–H groups in total. The molecule has 30 heavy (non-hydrogen) atoms. The first-order valence-corrected chi connectivity index (χ1v) is 9.42. The van der Waals surface area contributed by atoms with Crippen molar-refractivity contribution in [3.05, 3.63) is 69.8 Å². The Bertz CT molecular complexity index is 872. The summed E-state index contributed by atoms with van der Waals surface area (Å²) in [7, 11) is 1.53. The number of methoxy groups -OCH3 is 1.